The van der Waals surface area contributed by atoms with Crippen molar-refractivity contribution in [2.24, 2.45) is 4.99 Å². The number of rotatable bonds is 3. The Kier molecular flexibility index (Phi) is 4.42. The lowest BCUT2D eigenvalue weighted by molar-refractivity contribution is 0.488. The van der Waals surface area contributed by atoms with Gasteiger partial charge < -0.3 is 4.98 Å². The van der Waals surface area contributed by atoms with Gasteiger partial charge in [0, 0.05) is 11.8 Å². The van der Waals surface area contributed by atoms with Crippen LogP contribution in [-0.4, -0.2) is 26.0 Å². The van der Waals surface area contributed by atoms with Crippen molar-refractivity contribution in [3.05, 3.63) is 87.8 Å². The molecule has 6 heteroatoms. The quantitative estimate of drug-likeness (QED) is 0.537. The standard InChI is InChI=1S/C24H22FN5/c1-13-7-4-5-9-16(13)18-11-17-14(2)8-6-10-19(17)28-20(18)15(3)21-22-23(27-12-26-22)30-24(25)29-21/h4-12,15,18,20H,1-3H3,(H,26,27,29,30). The number of fused-ring (bicyclic) bond motifs is 2. The van der Waals surface area contributed by atoms with E-state index in [4.69, 9.17) is 4.99 Å². The molecule has 3 unspecified atom stereocenters. The van der Waals surface area contributed by atoms with E-state index in [0.717, 1.165) is 10.6 Å². The van der Waals surface area contributed by atoms with Gasteiger partial charge in [0.05, 0.1) is 23.4 Å². The van der Waals surface area contributed by atoms with E-state index in [1.165, 1.54) is 23.0 Å². The second-order valence-corrected chi connectivity index (χ2v) is 7.94. The first-order valence-corrected chi connectivity index (χ1v) is 10.1. The second kappa shape index (κ2) is 7.13. The van der Waals surface area contributed by atoms with Gasteiger partial charge in [0.25, 0.3) is 0 Å². The lowest BCUT2D eigenvalue weighted by atomic mass is 9.79. The van der Waals surface area contributed by atoms with Gasteiger partial charge in [-0.05, 0) is 41.8 Å². The van der Waals surface area contributed by atoms with Crippen LogP contribution in [0.25, 0.3) is 17.2 Å². The van der Waals surface area contributed by atoms with Gasteiger partial charge in [-0.3, -0.25) is 4.99 Å². The number of aromatic nitrogens is 4. The Labute approximate surface area is 173 Å². The van der Waals surface area contributed by atoms with Crippen molar-refractivity contribution >= 4 is 17.2 Å². The van der Waals surface area contributed by atoms with Crippen LogP contribution >= 0.6 is 0 Å². The Morgan fingerprint density at radius 1 is 1.00 bits per heavy atom. The maximum absolute atomic E-state index is 14.2. The molecule has 5 nitrogen and oxygen atoms in total. The molecule has 1 aliphatic heterocycles. The fourth-order valence-corrected chi connectivity index (χ4v) is 4.49. The average Bonchev–Trinajstić information content (AvgIpc) is 3.21. The molecule has 0 amide bonds. The minimum Gasteiger partial charge on any atom is -0.342 e. The van der Waals surface area contributed by atoms with Crippen LogP contribution in [0.1, 0.15) is 41.1 Å². The molecule has 3 heterocycles. The van der Waals surface area contributed by atoms with Gasteiger partial charge in [0.15, 0.2) is 5.65 Å². The summed E-state index contributed by atoms with van der Waals surface area (Å²) in [6.45, 7) is 6.28. The number of nitrogens with one attached hydrogen (secondary N) is 1. The maximum Gasteiger partial charge on any atom is 0.311 e. The Morgan fingerprint density at radius 3 is 2.63 bits per heavy atom. The molecular formula is C24H22FN5. The summed E-state index contributed by atoms with van der Waals surface area (Å²) >= 11 is 0. The Hall–Kier alpha value is -3.41. The predicted octanol–water partition coefficient (Wildman–Crippen LogP) is 3.48. The molecule has 4 aromatic rings. The smallest absolute Gasteiger partial charge is 0.311 e. The molecule has 1 aliphatic rings. The lowest BCUT2D eigenvalue weighted by Gasteiger charge is -2.30. The topological polar surface area (TPSA) is 66.8 Å². The van der Waals surface area contributed by atoms with Crippen molar-refractivity contribution in [3.8, 4) is 0 Å². The molecule has 5 rings (SSSR count). The number of imidazole rings is 1. The van der Waals surface area contributed by atoms with Gasteiger partial charge in [-0.25, -0.2) is 9.97 Å². The van der Waals surface area contributed by atoms with Crippen LogP contribution in [0.2, 0.25) is 0 Å². The van der Waals surface area contributed by atoms with Gasteiger partial charge in [0.1, 0.15) is 5.52 Å². The van der Waals surface area contributed by atoms with E-state index >= 15 is 0 Å². The fourth-order valence-electron chi connectivity index (χ4n) is 4.49. The summed E-state index contributed by atoms with van der Waals surface area (Å²) in [5, 5.41) is 2.13. The van der Waals surface area contributed by atoms with E-state index in [9.17, 15) is 4.39 Å². The summed E-state index contributed by atoms with van der Waals surface area (Å²) in [6.07, 6.45) is 3.07. The molecule has 150 valence electrons. The number of halogens is 1. The summed E-state index contributed by atoms with van der Waals surface area (Å²) in [7, 11) is 0. The molecule has 0 bridgehead atoms. The van der Waals surface area contributed by atoms with Gasteiger partial charge >= 0.3 is 6.08 Å². The third-order valence-electron chi connectivity index (χ3n) is 6.08. The zero-order valence-electron chi connectivity index (χ0n) is 17.1. The van der Waals surface area contributed by atoms with Crippen LogP contribution in [0, 0.1) is 19.9 Å². The van der Waals surface area contributed by atoms with Gasteiger partial charge in [-0.1, -0.05) is 49.4 Å². The highest BCUT2D eigenvalue weighted by atomic mass is 19.1. The Morgan fingerprint density at radius 2 is 1.80 bits per heavy atom. The molecule has 0 radical (unpaired) electrons. The third kappa shape index (κ3) is 3.00. The number of aromatic amines is 1. The molecule has 3 atom stereocenters. The third-order valence-corrected chi connectivity index (χ3v) is 6.08. The zero-order chi connectivity index (χ0) is 20.8. The lowest BCUT2D eigenvalue weighted by Crippen LogP contribution is -2.39. The molecule has 1 N–H and O–H groups in total. The molecular weight excluding hydrogens is 377 g/mol. The molecule has 0 saturated heterocycles. The number of nitrogens with zero attached hydrogens (tertiary/aromatic N) is 4. The number of hydrogen-bond donors (Lipinski definition) is 1. The first kappa shape index (κ1) is 18.6. The SMILES string of the molecule is Cc1ccccc1C1C=c2c(C)cccc2=NC1C(C)c1nc(F)nc2nc[nH]c12. The molecule has 0 fully saturated rings. The molecule has 30 heavy (non-hydrogen) atoms. The van der Waals surface area contributed by atoms with E-state index in [1.807, 2.05) is 18.2 Å². The number of benzene rings is 2. The van der Waals surface area contributed by atoms with Crippen LogP contribution in [0.3, 0.4) is 0 Å². The normalized spacial score (nSPS) is 19.1. The predicted molar refractivity (Wildman–Crippen MR) is 114 cm³/mol. The fraction of sp³-hybridized carbons (Fsp3) is 0.250. The first-order chi connectivity index (χ1) is 14.5. The molecule has 2 aromatic heterocycles. The summed E-state index contributed by atoms with van der Waals surface area (Å²) in [5.74, 6) is -0.106. The van der Waals surface area contributed by atoms with Crippen LogP contribution in [0.5, 0.6) is 0 Å². The monoisotopic (exact) mass is 399 g/mol. The number of hydrogen-bond acceptors (Lipinski definition) is 4. The number of H-pyrrole nitrogens is 1. The highest BCUT2D eigenvalue weighted by Crippen LogP contribution is 2.36. The highest BCUT2D eigenvalue weighted by Gasteiger charge is 2.32. The van der Waals surface area contributed by atoms with E-state index in [0.29, 0.717) is 16.9 Å². The minimum absolute atomic E-state index is 0.0470. The van der Waals surface area contributed by atoms with E-state index < -0.39 is 6.08 Å². The van der Waals surface area contributed by atoms with E-state index in [-0.39, 0.29) is 17.9 Å². The Bertz CT molecular complexity index is 1370. The Balaban J connectivity index is 1.73. The van der Waals surface area contributed by atoms with Crippen molar-refractivity contribution in [2.75, 3.05) is 0 Å². The summed E-state index contributed by atoms with van der Waals surface area (Å²) < 4.78 is 14.2. The van der Waals surface area contributed by atoms with Crippen molar-refractivity contribution in [3.63, 3.8) is 0 Å². The molecule has 0 aliphatic carbocycles. The van der Waals surface area contributed by atoms with Crippen molar-refractivity contribution in [1.82, 2.24) is 19.9 Å². The van der Waals surface area contributed by atoms with Crippen LogP contribution in [0.15, 0.2) is 53.8 Å². The largest absolute Gasteiger partial charge is 0.342 e. The molecule has 2 aromatic carbocycles. The van der Waals surface area contributed by atoms with Crippen molar-refractivity contribution in [1.29, 1.82) is 0 Å². The summed E-state index contributed by atoms with van der Waals surface area (Å²) in [6, 6.07) is 14.4. The highest BCUT2D eigenvalue weighted by molar-refractivity contribution is 5.73. The van der Waals surface area contributed by atoms with Gasteiger partial charge in [-0.15, -0.1) is 0 Å². The molecule has 0 saturated carbocycles. The van der Waals surface area contributed by atoms with E-state index in [1.54, 1.807) is 0 Å². The van der Waals surface area contributed by atoms with Gasteiger partial charge in [0.2, 0.25) is 0 Å². The molecule has 0 spiro atoms. The van der Waals surface area contributed by atoms with Crippen molar-refractivity contribution in [2.45, 2.75) is 38.6 Å². The second-order valence-electron chi connectivity index (χ2n) is 7.94. The van der Waals surface area contributed by atoms with E-state index in [2.05, 4.69) is 71.0 Å². The minimum atomic E-state index is -0.764. The van der Waals surface area contributed by atoms with Crippen LogP contribution < -0.4 is 10.6 Å². The van der Waals surface area contributed by atoms with Crippen LogP contribution in [0.4, 0.5) is 4.39 Å². The summed E-state index contributed by atoms with van der Waals surface area (Å²) in [5.41, 5.74) is 5.24. The number of aryl methyl sites for hydroxylation is 2. The van der Waals surface area contributed by atoms with Crippen LogP contribution in [-0.2, 0) is 0 Å². The van der Waals surface area contributed by atoms with Crippen molar-refractivity contribution < 1.29 is 4.39 Å². The first-order valence-electron chi connectivity index (χ1n) is 10.1. The van der Waals surface area contributed by atoms with Gasteiger partial charge in [-0.2, -0.15) is 9.37 Å². The maximum atomic E-state index is 14.2. The summed E-state index contributed by atoms with van der Waals surface area (Å²) in [4.78, 5) is 20.3. The average molecular weight is 399 g/mol. The zero-order valence-corrected chi connectivity index (χ0v) is 17.1.